The van der Waals surface area contributed by atoms with E-state index in [2.05, 4.69) is 4.74 Å². The molecule has 2 aromatic carbocycles. The maximum atomic E-state index is 12.9. The van der Waals surface area contributed by atoms with E-state index in [1.165, 1.54) is 36.7 Å². The summed E-state index contributed by atoms with van der Waals surface area (Å²) in [6.45, 7) is 0.175. The first-order chi connectivity index (χ1) is 12.2. The van der Waals surface area contributed by atoms with Gasteiger partial charge in [-0.1, -0.05) is 23.7 Å². The van der Waals surface area contributed by atoms with E-state index in [1.807, 2.05) is 43.3 Å². The van der Waals surface area contributed by atoms with Gasteiger partial charge in [0.1, 0.15) is 4.90 Å². The van der Waals surface area contributed by atoms with E-state index in [1.54, 1.807) is 0 Å². The molecule has 26 heavy (non-hydrogen) atoms. The molecule has 0 spiro atoms. The number of nitrogens with zero attached hydrogens (tertiary/aromatic N) is 2. The van der Waals surface area contributed by atoms with Gasteiger partial charge in [-0.25, -0.2) is 13.2 Å². The van der Waals surface area contributed by atoms with Gasteiger partial charge in [0.25, 0.3) is 0 Å². The molecule has 0 aliphatic heterocycles. The number of anilines is 1. The molecule has 0 aliphatic carbocycles. The first-order valence-corrected chi connectivity index (χ1v) is 9.59. The van der Waals surface area contributed by atoms with Gasteiger partial charge in [0.2, 0.25) is 10.0 Å². The monoisotopic (exact) mass is 396 g/mol. The summed E-state index contributed by atoms with van der Waals surface area (Å²) in [6.07, 6.45) is 0. The minimum Gasteiger partial charge on any atom is -0.465 e. The van der Waals surface area contributed by atoms with Crippen LogP contribution in [0.1, 0.15) is 15.9 Å². The first kappa shape index (κ1) is 20.2. The van der Waals surface area contributed by atoms with Crippen LogP contribution in [0, 0.1) is 0 Å². The number of carbonyl (C=O) groups is 1. The van der Waals surface area contributed by atoms with Crippen LogP contribution in [0.4, 0.5) is 5.69 Å². The molecule has 2 aromatic rings. The summed E-state index contributed by atoms with van der Waals surface area (Å²) >= 11 is 6.07. The van der Waals surface area contributed by atoms with Crippen molar-refractivity contribution in [3.8, 4) is 0 Å². The fourth-order valence-corrected chi connectivity index (χ4v) is 4.01. The van der Waals surface area contributed by atoms with Crippen molar-refractivity contribution in [3.05, 3.63) is 58.6 Å². The molecule has 0 saturated carbocycles. The Morgan fingerprint density at radius 2 is 1.69 bits per heavy atom. The third-order valence-corrected chi connectivity index (χ3v) is 6.18. The number of hydrogen-bond donors (Lipinski definition) is 0. The molecule has 0 bridgehead atoms. The third-order valence-electron chi connectivity index (χ3n) is 3.90. The molecule has 0 atom stereocenters. The Morgan fingerprint density at radius 3 is 2.23 bits per heavy atom. The summed E-state index contributed by atoms with van der Waals surface area (Å²) in [5.41, 5.74) is 1.98. The van der Waals surface area contributed by atoms with Gasteiger partial charge in [0.15, 0.2) is 0 Å². The molecule has 0 aliphatic rings. The molecule has 0 N–H and O–H groups in total. The lowest BCUT2D eigenvalue weighted by molar-refractivity contribution is 0.0600. The summed E-state index contributed by atoms with van der Waals surface area (Å²) in [7, 11) is 2.69. The molecule has 8 heteroatoms. The maximum absolute atomic E-state index is 12.9. The zero-order chi connectivity index (χ0) is 19.5. The van der Waals surface area contributed by atoms with E-state index in [-0.39, 0.29) is 22.0 Å². The second-order valence-corrected chi connectivity index (χ2v) is 8.38. The minimum atomic E-state index is -3.88. The smallest absolute Gasteiger partial charge is 0.337 e. The lowest BCUT2D eigenvalue weighted by atomic mass is 10.2. The van der Waals surface area contributed by atoms with E-state index < -0.39 is 16.0 Å². The van der Waals surface area contributed by atoms with Crippen molar-refractivity contribution >= 4 is 33.3 Å². The predicted octanol–water partition coefficient (Wildman–Crippen LogP) is 3.01. The van der Waals surface area contributed by atoms with Gasteiger partial charge < -0.3 is 9.64 Å². The molecule has 0 saturated heterocycles. The summed E-state index contributed by atoms with van der Waals surface area (Å²) < 4.78 is 31.6. The Bertz CT molecular complexity index is 896. The van der Waals surface area contributed by atoms with Crippen molar-refractivity contribution in [1.29, 1.82) is 0 Å². The maximum Gasteiger partial charge on any atom is 0.337 e. The van der Waals surface area contributed by atoms with Crippen molar-refractivity contribution in [2.24, 2.45) is 0 Å². The first-order valence-electron chi connectivity index (χ1n) is 7.77. The van der Waals surface area contributed by atoms with E-state index in [0.717, 1.165) is 11.3 Å². The number of hydrogen-bond acceptors (Lipinski definition) is 5. The Morgan fingerprint density at radius 1 is 1.08 bits per heavy atom. The number of benzene rings is 2. The normalized spacial score (nSPS) is 11.5. The molecule has 0 radical (unpaired) electrons. The number of ether oxygens (including phenoxy) is 1. The Labute approximate surface area is 159 Å². The van der Waals surface area contributed by atoms with Crippen molar-refractivity contribution in [1.82, 2.24) is 4.31 Å². The van der Waals surface area contributed by atoms with Gasteiger partial charge in [-0.3, -0.25) is 0 Å². The molecule has 140 valence electrons. The van der Waals surface area contributed by atoms with Crippen molar-refractivity contribution in [3.63, 3.8) is 0 Å². The molecule has 6 nitrogen and oxygen atoms in total. The number of methoxy groups -OCH3 is 1. The number of esters is 1. The largest absolute Gasteiger partial charge is 0.465 e. The standard InChI is InChI=1S/C18H21ClN2O4S/c1-20(2)15-8-5-13(6-9-15)12-21(3)26(23,24)17-11-14(18(22)25-4)7-10-16(17)19/h5-11H,12H2,1-4H3. The molecular weight excluding hydrogens is 376 g/mol. The van der Waals surface area contributed by atoms with Gasteiger partial charge in [-0.05, 0) is 35.9 Å². The van der Waals surface area contributed by atoms with Gasteiger partial charge in [-0.15, -0.1) is 0 Å². The Hall–Kier alpha value is -2.09. The van der Waals surface area contributed by atoms with Gasteiger partial charge in [-0.2, -0.15) is 4.31 Å². The van der Waals surface area contributed by atoms with E-state index >= 15 is 0 Å². The molecule has 0 fully saturated rings. The highest BCUT2D eigenvalue weighted by Gasteiger charge is 2.25. The molecule has 0 unspecified atom stereocenters. The van der Waals surface area contributed by atoms with Crippen molar-refractivity contribution in [2.75, 3.05) is 33.2 Å². The summed E-state index contributed by atoms with van der Waals surface area (Å²) in [5.74, 6) is -0.625. The van der Waals surface area contributed by atoms with Crippen LogP contribution in [0.3, 0.4) is 0 Å². The predicted molar refractivity (Wildman–Crippen MR) is 102 cm³/mol. The van der Waals surface area contributed by atoms with E-state index in [9.17, 15) is 13.2 Å². The number of sulfonamides is 1. The molecule has 0 heterocycles. The van der Waals surface area contributed by atoms with E-state index in [0.29, 0.717) is 0 Å². The SMILES string of the molecule is COC(=O)c1ccc(Cl)c(S(=O)(=O)N(C)Cc2ccc(N(C)C)cc2)c1. The second-order valence-electron chi connectivity index (χ2n) is 5.96. The minimum absolute atomic E-state index is 0.0486. The highest BCUT2D eigenvalue weighted by Crippen LogP contribution is 2.26. The van der Waals surface area contributed by atoms with Gasteiger partial charge in [0, 0.05) is 33.4 Å². The lowest BCUT2D eigenvalue weighted by Gasteiger charge is -2.19. The summed E-state index contributed by atoms with van der Waals surface area (Å²) in [6, 6.07) is 11.6. The topological polar surface area (TPSA) is 66.9 Å². The molecule has 2 rings (SSSR count). The van der Waals surface area contributed by atoms with Crippen LogP contribution in [0.15, 0.2) is 47.4 Å². The molecule has 0 amide bonds. The van der Waals surface area contributed by atoms with Crippen LogP contribution in [-0.2, 0) is 21.3 Å². The Kier molecular flexibility index (Phi) is 6.28. The van der Waals surface area contributed by atoms with Crippen LogP contribution in [0.25, 0.3) is 0 Å². The summed E-state index contributed by atoms with van der Waals surface area (Å²) in [4.78, 5) is 13.5. The third kappa shape index (κ3) is 4.35. The average molecular weight is 397 g/mol. The highest BCUT2D eigenvalue weighted by molar-refractivity contribution is 7.89. The number of halogens is 1. The molecule has 0 aromatic heterocycles. The van der Waals surface area contributed by atoms with Crippen molar-refractivity contribution < 1.29 is 17.9 Å². The van der Waals surface area contributed by atoms with Gasteiger partial charge >= 0.3 is 5.97 Å². The quantitative estimate of drug-likeness (QED) is 0.702. The van der Waals surface area contributed by atoms with Crippen LogP contribution in [-0.4, -0.2) is 46.9 Å². The van der Waals surface area contributed by atoms with Crippen LogP contribution in [0.2, 0.25) is 5.02 Å². The zero-order valence-electron chi connectivity index (χ0n) is 15.1. The highest BCUT2D eigenvalue weighted by atomic mass is 35.5. The van der Waals surface area contributed by atoms with Crippen LogP contribution in [0.5, 0.6) is 0 Å². The Balaban J connectivity index is 2.30. The second kappa shape index (κ2) is 8.07. The van der Waals surface area contributed by atoms with E-state index in [4.69, 9.17) is 11.6 Å². The lowest BCUT2D eigenvalue weighted by Crippen LogP contribution is -2.27. The number of rotatable bonds is 6. The number of carbonyl (C=O) groups excluding carboxylic acids is 1. The fourth-order valence-electron chi connectivity index (χ4n) is 2.36. The molecular formula is C18H21ClN2O4S. The average Bonchev–Trinajstić information content (AvgIpc) is 2.61. The zero-order valence-corrected chi connectivity index (χ0v) is 16.6. The summed E-state index contributed by atoms with van der Waals surface area (Å²) in [5, 5.41) is 0.0486. The van der Waals surface area contributed by atoms with Crippen LogP contribution >= 0.6 is 11.6 Å². The van der Waals surface area contributed by atoms with Gasteiger partial charge in [0.05, 0.1) is 17.7 Å². The fraction of sp³-hybridized carbons (Fsp3) is 0.278. The van der Waals surface area contributed by atoms with Crippen LogP contribution < -0.4 is 4.90 Å². The van der Waals surface area contributed by atoms with Crippen molar-refractivity contribution in [2.45, 2.75) is 11.4 Å².